The van der Waals surface area contributed by atoms with Gasteiger partial charge in [-0.2, -0.15) is 0 Å². The number of benzene rings is 1. The number of nitrogens with zero attached hydrogens (tertiary/aromatic N) is 1. The van der Waals surface area contributed by atoms with Crippen LogP contribution in [0.4, 0.5) is 11.5 Å². The molecule has 0 spiro atoms. The van der Waals surface area contributed by atoms with E-state index < -0.39 is 0 Å². The minimum atomic E-state index is -0.0889. The standard InChI is InChI=1S/C21H27N3O3/c1-13(2)17-6-4-5-7-18(17)22-20(25)15-8-10-16(11-9-15)21(26)23-19-12-14(3)27-24-19/h4-7,12-13,15-16H,8-11H2,1-3H3,(H,22,25)(H,23,24,26). The van der Waals surface area contributed by atoms with Gasteiger partial charge >= 0.3 is 0 Å². The minimum absolute atomic E-state index is 0.0488. The van der Waals surface area contributed by atoms with Crippen LogP contribution in [-0.4, -0.2) is 17.0 Å². The summed E-state index contributed by atoms with van der Waals surface area (Å²) in [6, 6.07) is 9.63. The van der Waals surface area contributed by atoms with E-state index in [-0.39, 0.29) is 23.7 Å². The summed E-state index contributed by atoms with van der Waals surface area (Å²) in [5.74, 6) is 1.31. The highest BCUT2D eigenvalue weighted by Crippen LogP contribution is 2.31. The van der Waals surface area contributed by atoms with Crippen LogP contribution in [0.5, 0.6) is 0 Å². The van der Waals surface area contributed by atoms with E-state index in [1.807, 2.05) is 24.3 Å². The SMILES string of the molecule is Cc1cc(NC(=O)C2CCC(C(=O)Nc3ccccc3C(C)C)CC2)no1. The van der Waals surface area contributed by atoms with Crippen molar-refractivity contribution in [3.8, 4) is 0 Å². The van der Waals surface area contributed by atoms with Crippen molar-refractivity contribution in [2.75, 3.05) is 10.6 Å². The van der Waals surface area contributed by atoms with E-state index in [2.05, 4.69) is 29.6 Å². The highest BCUT2D eigenvalue weighted by Gasteiger charge is 2.30. The van der Waals surface area contributed by atoms with Crippen molar-refractivity contribution in [1.82, 2.24) is 5.16 Å². The Morgan fingerprint density at radius 1 is 1.04 bits per heavy atom. The Kier molecular flexibility index (Phi) is 5.94. The second-order valence-corrected chi connectivity index (χ2v) is 7.59. The van der Waals surface area contributed by atoms with Gasteiger partial charge in [-0.15, -0.1) is 0 Å². The molecule has 0 atom stereocenters. The molecule has 144 valence electrons. The number of amides is 2. The molecule has 3 rings (SSSR count). The van der Waals surface area contributed by atoms with Gasteiger partial charge in [0.15, 0.2) is 5.82 Å². The monoisotopic (exact) mass is 369 g/mol. The number of aryl methyl sites for hydroxylation is 1. The molecule has 6 heteroatoms. The molecule has 2 amide bonds. The number of carbonyl (C=O) groups is 2. The Hall–Kier alpha value is -2.63. The van der Waals surface area contributed by atoms with Gasteiger partial charge in [-0.05, 0) is 50.2 Å². The highest BCUT2D eigenvalue weighted by atomic mass is 16.5. The Labute approximate surface area is 159 Å². The number of anilines is 2. The first kappa shape index (κ1) is 19.1. The molecule has 1 saturated carbocycles. The summed E-state index contributed by atoms with van der Waals surface area (Å²) < 4.78 is 4.97. The zero-order valence-electron chi connectivity index (χ0n) is 16.1. The molecule has 0 unspecified atom stereocenters. The second-order valence-electron chi connectivity index (χ2n) is 7.59. The minimum Gasteiger partial charge on any atom is -0.360 e. The lowest BCUT2D eigenvalue weighted by molar-refractivity contribution is -0.125. The number of aromatic nitrogens is 1. The molecule has 0 bridgehead atoms. The molecule has 2 N–H and O–H groups in total. The molecule has 1 aliphatic rings. The fourth-order valence-corrected chi connectivity index (χ4v) is 3.62. The normalized spacial score (nSPS) is 19.7. The Bertz CT molecular complexity index is 805. The maximum atomic E-state index is 12.7. The molecule has 0 radical (unpaired) electrons. The molecule has 0 saturated heterocycles. The van der Waals surface area contributed by atoms with Gasteiger partial charge in [-0.25, -0.2) is 0 Å². The molecule has 0 aliphatic heterocycles. The molecule has 1 aliphatic carbocycles. The van der Waals surface area contributed by atoms with Crippen LogP contribution in [0.2, 0.25) is 0 Å². The molecular formula is C21H27N3O3. The van der Waals surface area contributed by atoms with Crippen LogP contribution in [0.25, 0.3) is 0 Å². The summed E-state index contributed by atoms with van der Waals surface area (Å²) >= 11 is 0. The zero-order chi connectivity index (χ0) is 19.4. The Morgan fingerprint density at radius 2 is 1.63 bits per heavy atom. The van der Waals surface area contributed by atoms with E-state index in [4.69, 9.17) is 4.52 Å². The van der Waals surface area contributed by atoms with E-state index in [1.54, 1.807) is 13.0 Å². The first-order valence-electron chi connectivity index (χ1n) is 9.58. The van der Waals surface area contributed by atoms with E-state index in [0.29, 0.717) is 43.2 Å². The third-order valence-corrected chi connectivity index (χ3v) is 5.19. The average Bonchev–Trinajstić information content (AvgIpc) is 3.06. The quantitative estimate of drug-likeness (QED) is 0.813. The fourth-order valence-electron chi connectivity index (χ4n) is 3.62. The number of hydrogen-bond acceptors (Lipinski definition) is 4. The average molecular weight is 369 g/mol. The third kappa shape index (κ3) is 4.76. The fraction of sp³-hybridized carbons (Fsp3) is 0.476. The van der Waals surface area contributed by atoms with E-state index >= 15 is 0 Å². The summed E-state index contributed by atoms with van der Waals surface area (Å²) in [5.41, 5.74) is 2.03. The molecule has 2 aromatic rings. The number of carbonyl (C=O) groups excluding carboxylic acids is 2. The van der Waals surface area contributed by atoms with Crippen LogP contribution in [0, 0.1) is 18.8 Å². The predicted molar refractivity (Wildman–Crippen MR) is 104 cm³/mol. The summed E-state index contributed by atoms with van der Waals surface area (Å²) in [6.45, 7) is 6.01. The first-order valence-corrected chi connectivity index (χ1v) is 9.58. The van der Waals surface area contributed by atoms with E-state index in [1.165, 1.54) is 0 Å². The van der Waals surface area contributed by atoms with Crippen LogP contribution < -0.4 is 10.6 Å². The summed E-state index contributed by atoms with van der Waals surface area (Å²) in [4.78, 5) is 25.0. The first-order chi connectivity index (χ1) is 12.9. The van der Waals surface area contributed by atoms with Gasteiger partial charge in [-0.1, -0.05) is 37.2 Å². The van der Waals surface area contributed by atoms with Crippen LogP contribution in [0.15, 0.2) is 34.9 Å². The zero-order valence-corrected chi connectivity index (χ0v) is 16.1. The van der Waals surface area contributed by atoms with Gasteiger partial charge in [0.25, 0.3) is 0 Å². The molecule has 1 fully saturated rings. The lowest BCUT2D eigenvalue weighted by atomic mass is 9.81. The topological polar surface area (TPSA) is 84.2 Å². The molecular weight excluding hydrogens is 342 g/mol. The Balaban J connectivity index is 1.53. The van der Waals surface area contributed by atoms with Gasteiger partial charge in [-0.3, -0.25) is 9.59 Å². The predicted octanol–water partition coefficient (Wildman–Crippen LogP) is 4.49. The highest BCUT2D eigenvalue weighted by molar-refractivity contribution is 5.94. The number of nitrogens with one attached hydrogen (secondary N) is 2. The van der Waals surface area contributed by atoms with Crippen molar-refractivity contribution in [1.29, 1.82) is 0 Å². The molecule has 1 aromatic heterocycles. The van der Waals surface area contributed by atoms with Gasteiger partial charge in [0.1, 0.15) is 5.76 Å². The smallest absolute Gasteiger partial charge is 0.228 e. The maximum Gasteiger partial charge on any atom is 0.228 e. The van der Waals surface area contributed by atoms with Crippen LogP contribution in [0.1, 0.15) is 56.8 Å². The molecule has 1 aromatic carbocycles. The summed E-state index contributed by atoms with van der Waals surface area (Å²) in [6.07, 6.45) is 2.83. The van der Waals surface area contributed by atoms with Crippen molar-refractivity contribution in [2.24, 2.45) is 11.8 Å². The van der Waals surface area contributed by atoms with Gasteiger partial charge in [0, 0.05) is 23.6 Å². The molecule has 6 nitrogen and oxygen atoms in total. The van der Waals surface area contributed by atoms with Gasteiger partial charge in [0.2, 0.25) is 11.8 Å². The van der Waals surface area contributed by atoms with Crippen LogP contribution in [-0.2, 0) is 9.59 Å². The second kappa shape index (κ2) is 8.37. The maximum absolute atomic E-state index is 12.7. The van der Waals surface area contributed by atoms with E-state index in [0.717, 1.165) is 11.3 Å². The third-order valence-electron chi connectivity index (χ3n) is 5.19. The lowest BCUT2D eigenvalue weighted by Crippen LogP contribution is -2.32. The lowest BCUT2D eigenvalue weighted by Gasteiger charge is -2.27. The Morgan fingerprint density at radius 3 is 2.19 bits per heavy atom. The van der Waals surface area contributed by atoms with Crippen LogP contribution >= 0.6 is 0 Å². The van der Waals surface area contributed by atoms with Crippen LogP contribution in [0.3, 0.4) is 0 Å². The summed E-state index contributed by atoms with van der Waals surface area (Å²) in [5, 5.41) is 9.67. The number of rotatable bonds is 5. The summed E-state index contributed by atoms with van der Waals surface area (Å²) in [7, 11) is 0. The number of hydrogen-bond donors (Lipinski definition) is 2. The van der Waals surface area contributed by atoms with E-state index in [9.17, 15) is 9.59 Å². The molecule has 27 heavy (non-hydrogen) atoms. The molecule has 1 heterocycles. The number of para-hydroxylation sites is 1. The van der Waals surface area contributed by atoms with Crippen molar-refractivity contribution < 1.29 is 14.1 Å². The van der Waals surface area contributed by atoms with Crippen molar-refractivity contribution in [3.63, 3.8) is 0 Å². The van der Waals surface area contributed by atoms with Crippen molar-refractivity contribution >= 4 is 23.3 Å². The van der Waals surface area contributed by atoms with Gasteiger partial charge in [0.05, 0.1) is 0 Å². The van der Waals surface area contributed by atoms with Gasteiger partial charge < -0.3 is 15.2 Å². The van der Waals surface area contributed by atoms with Crippen molar-refractivity contribution in [2.45, 2.75) is 52.4 Å². The largest absolute Gasteiger partial charge is 0.360 e. The van der Waals surface area contributed by atoms with Crippen molar-refractivity contribution in [3.05, 3.63) is 41.7 Å².